The standard InChI is InChI=1S/C22H30N4O/c1-16-9-11-18(12-10-16)26-20-8-4-3-7-19(20)21(24-26)22(27)25-13-5-6-17(15-25)14-23-2/h9-12,17,23H,3-8,13-15H2,1-2H3. The molecule has 1 amide bonds. The van der Waals surface area contributed by atoms with Crippen LogP contribution in [0, 0.1) is 12.8 Å². The number of hydrogen-bond acceptors (Lipinski definition) is 3. The average Bonchev–Trinajstić information content (AvgIpc) is 3.08. The van der Waals surface area contributed by atoms with Gasteiger partial charge < -0.3 is 10.2 Å². The van der Waals surface area contributed by atoms with Crippen LogP contribution in [-0.4, -0.2) is 47.3 Å². The zero-order valence-electron chi connectivity index (χ0n) is 16.5. The fraction of sp³-hybridized carbons (Fsp3) is 0.545. The van der Waals surface area contributed by atoms with Crippen LogP contribution in [0.1, 0.15) is 53.0 Å². The SMILES string of the molecule is CNCC1CCCN(C(=O)c2nn(-c3ccc(C)cc3)c3c2CCCC3)C1. The molecule has 144 valence electrons. The average molecular weight is 367 g/mol. The molecule has 0 spiro atoms. The molecule has 0 bridgehead atoms. The van der Waals surface area contributed by atoms with Crippen LogP contribution in [-0.2, 0) is 12.8 Å². The van der Waals surface area contributed by atoms with Crippen LogP contribution in [0.2, 0.25) is 0 Å². The molecule has 1 aliphatic heterocycles. The quantitative estimate of drug-likeness (QED) is 0.904. The summed E-state index contributed by atoms with van der Waals surface area (Å²) in [5, 5.41) is 8.11. The maximum atomic E-state index is 13.3. The predicted molar refractivity (Wildman–Crippen MR) is 107 cm³/mol. The highest BCUT2D eigenvalue weighted by molar-refractivity contribution is 5.94. The van der Waals surface area contributed by atoms with E-state index in [2.05, 4.69) is 36.5 Å². The van der Waals surface area contributed by atoms with Gasteiger partial charge in [-0.1, -0.05) is 17.7 Å². The van der Waals surface area contributed by atoms with Crippen molar-refractivity contribution in [2.45, 2.75) is 45.4 Å². The van der Waals surface area contributed by atoms with E-state index in [1.807, 2.05) is 16.6 Å². The molecular weight excluding hydrogens is 336 g/mol. The molecule has 5 heteroatoms. The Bertz CT molecular complexity index is 806. The number of fused-ring (bicyclic) bond motifs is 1. The molecule has 0 radical (unpaired) electrons. The summed E-state index contributed by atoms with van der Waals surface area (Å²) in [5.74, 6) is 0.669. The molecule has 1 atom stereocenters. The Morgan fingerprint density at radius 2 is 1.96 bits per heavy atom. The van der Waals surface area contributed by atoms with E-state index in [1.165, 1.54) is 29.7 Å². The topological polar surface area (TPSA) is 50.2 Å². The van der Waals surface area contributed by atoms with Crippen LogP contribution >= 0.6 is 0 Å². The maximum Gasteiger partial charge on any atom is 0.274 e. The summed E-state index contributed by atoms with van der Waals surface area (Å²) >= 11 is 0. The van der Waals surface area contributed by atoms with E-state index < -0.39 is 0 Å². The molecule has 5 nitrogen and oxygen atoms in total. The van der Waals surface area contributed by atoms with Crippen LogP contribution in [0.5, 0.6) is 0 Å². The minimum absolute atomic E-state index is 0.125. The van der Waals surface area contributed by atoms with Gasteiger partial charge in [0.1, 0.15) is 0 Å². The van der Waals surface area contributed by atoms with Crippen LogP contribution in [0.15, 0.2) is 24.3 Å². The first-order valence-corrected chi connectivity index (χ1v) is 10.3. The summed E-state index contributed by atoms with van der Waals surface area (Å²) in [4.78, 5) is 15.4. The van der Waals surface area contributed by atoms with Gasteiger partial charge in [-0.3, -0.25) is 4.79 Å². The zero-order valence-corrected chi connectivity index (χ0v) is 16.5. The van der Waals surface area contributed by atoms with Crippen molar-refractivity contribution < 1.29 is 4.79 Å². The number of likely N-dealkylation sites (tertiary alicyclic amines) is 1. The first-order chi connectivity index (χ1) is 13.2. The number of piperidine rings is 1. The summed E-state index contributed by atoms with van der Waals surface area (Å²) in [6.07, 6.45) is 6.57. The molecule has 0 saturated carbocycles. The first kappa shape index (κ1) is 18.2. The molecule has 1 aromatic heterocycles. The van der Waals surface area contributed by atoms with Gasteiger partial charge in [0.2, 0.25) is 0 Å². The minimum atomic E-state index is 0.125. The Balaban J connectivity index is 1.66. The summed E-state index contributed by atoms with van der Waals surface area (Å²) in [6, 6.07) is 8.44. The van der Waals surface area contributed by atoms with E-state index >= 15 is 0 Å². The largest absolute Gasteiger partial charge is 0.337 e. The molecule has 1 aromatic carbocycles. The van der Waals surface area contributed by atoms with E-state index in [0.29, 0.717) is 11.6 Å². The first-order valence-electron chi connectivity index (χ1n) is 10.3. The molecule has 1 N–H and O–H groups in total. The molecule has 1 unspecified atom stereocenters. The Kier molecular flexibility index (Phi) is 5.30. The van der Waals surface area contributed by atoms with E-state index in [0.717, 1.165) is 51.0 Å². The molecule has 2 heterocycles. The summed E-state index contributed by atoms with van der Waals surface area (Å²) in [7, 11) is 1.99. The van der Waals surface area contributed by atoms with Gasteiger partial charge in [-0.25, -0.2) is 4.68 Å². The molecule has 1 aliphatic carbocycles. The van der Waals surface area contributed by atoms with Crippen molar-refractivity contribution in [3.63, 3.8) is 0 Å². The van der Waals surface area contributed by atoms with Crippen molar-refractivity contribution in [3.05, 3.63) is 46.8 Å². The number of benzene rings is 1. The van der Waals surface area contributed by atoms with Crippen LogP contribution in [0.25, 0.3) is 5.69 Å². The molecule has 1 fully saturated rings. The van der Waals surface area contributed by atoms with Crippen LogP contribution < -0.4 is 5.32 Å². The van der Waals surface area contributed by atoms with Gasteiger partial charge in [0.05, 0.1) is 5.69 Å². The zero-order chi connectivity index (χ0) is 18.8. The molecular formula is C22H30N4O. The Hall–Kier alpha value is -2.14. The van der Waals surface area contributed by atoms with Crippen molar-refractivity contribution in [2.24, 2.45) is 5.92 Å². The molecule has 27 heavy (non-hydrogen) atoms. The van der Waals surface area contributed by atoms with Gasteiger partial charge in [0.15, 0.2) is 5.69 Å². The summed E-state index contributed by atoms with van der Waals surface area (Å²) < 4.78 is 2.02. The van der Waals surface area contributed by atoms with E-state index in [-0.39, 0.29) is 5.91 Å². The number of amides is 1. The van der Waals surface area contributed by atoms with Crippen molar-refractivity contribution in [1.82, 2.24) is 20.0 Å². The second kappa shape index (κ2) is 7.85. The number of hydrogen-bond donors (Lipinski definition) is 1. The molecule has 2 aliphatic rings. The highest BCUT2D eigenvalue weighted by Gasteiger charge is 2.30. The highest BCUT2D eigenvalue weighted by Crippen LogP contribution is 2.29. The van der Waals surface area contributed by atoms with Gasteiger partial charge in [0, 0.05) is 24.3 Å². The number of carbonyl (C=O) groups is 1. The third kappa shape index (κ3) is 3.65. The number of carbonyl (C=O) groups excluding carboxylic acids is 1. The van der Waals surface area contributed by atoms with Crippen LogP contribution in [0.3, 0.4) is 0 Å². The lowest BCUT2D eigenvalue weighted by molar-refractivity contribution is 0.0666. The number of nitrogens with zero attached hydrogens (tertiary/aromatic N) is 3. The Morgan fingerprint density at radius 1 is 1.19 bits per heavy atom. The number of aryl methyl sites for hydroxylation is 1. The Morgan fingerprint density at radius 3 is 2.74 bits per heavy atom. The summed E-state index contributed by atoms with van der Waals surface area (Å²) in [6.45, 7) is 4.76. The van der Waals surface area contributed by atoms with Crippen molar-refractivity contribution in [3.8, 4) is 5.69 Å². The number of rotatable bonds is 4. The third-order valence-electron chi connectivity index (χ3n) is 5.96. The van der Waals surface area contributed by atoms with E-state index in [1.54, 1.807) is 0 Å². The van der Waals surface area contributed by atoms with Crippen molar-refractivity contribution in [1.29, 1.82) is 0 Å². The fourth-order valence-corrected chi connectivity index (χ4v) is 4.52. The third-order valence-corrected chi connectivity index (χ3v) is 5.96. The van der Waals surface area contributed by atoms with Gasteiger partial charge in [-0.15, -0.1) is 0 Å². The second-order valence-electron chi connectivity index (χ2n) is 8.05. The molecule has 1 saturated heterocycles. The lowest BCUT2D eigenvalue weighted by Crippen LogP contribution is -2.43. The van der Waals surface area contributed by atoms with Gasteiger partial charge >= 0.3 is 0 Å². The Labute approximate surface area is 161 Å². The highest BCUT2D eigenvalue weighted by atomic mass is 16.2. The van der Waals surface area contributed by atoms with E-state index in [4.69, 9.17) is 5.10 Å². The van der Waals surface area contributed by atoms with Crippen LogP contribution in [0.4, 0.5) is 0 Å². The normalized spacial score (nSPS) is 19.8. The number of aromatic nitrogens is 2. The molecule has 4 rings (SSSR count). The van der Waals surface area contributed by atoms with E-state index in [9.17, 15) is 4.79 Å². The number of nitrogens with one attached hydrogen (secondary N) is 1. The predicted octanol–water partition coefficient (Wildman–Crippen LogP) is 3.13. The summed E-state index contributed by atoms with van der Waals surface area (Å²) in [5.41, 5.74) is 5.40. The van der Waals surface area contributed by atoms with Gasteiger partial charge in [-0.2, -0.15) is 5.10 Å². The van der Waals surface area contributed by atoms with Gasteiger partial charge in [0.25, 0.3) is 5.91 Å². The second-order valence-corrected chi connectivity index (χ2v) is 8.05. The van der Waals surface area contributed by atoms with Crippen molar-refractivity contribution >= 4 is 5.91 Å². The molecule has 2 aromatic rings. The lowest BCUT2D eigenvalue weighted by Gasteiger charge is -2.32. The fourth-order valence-electron chi connectivity index (χ4n) is 4.52. The smallest absolute Gasteiger partial charge is 0.274 e. The monoisotopic (exact) mass is 366 g/mol. The van der Waals surface area contributed by atoms with Crippen molar-refractivity contribution in [2.75, 3.05) is 26.7 Å². The minimum Gasteiger partial charge on any atom is -0.337 e. The van der Waals surface area contributed by atoms with Gasteiger partial charge in [-0.05, 0) is 77.1 Å². The maximum absolute atomic E-state index is 13.3. The lowest BCUT2D eigenvalue weighted by atomic mass is 9.94.